The molecule has 0 nitrogen and oxygen atoms in total. The summed E-state index contributed by atoms with van der Waals surface area (Å²) in [6, 6.07) is 18.2. The first-order valence-corrected chi connectivity index (χ1v) is 19.8. The van der Waals surface area contributed by atoms with Crippen molar-refractivity contribution >= 4 is 5.43 Å². The monoisotopic (exact) mass is 488 g/mol. The van der Waals surface area contributed by atoms with Gasteiger partial charge in [0.1, 0.15) is 0 Å². The zero-order valence-electron chi connectivity index (χ0n) is 19.4. The number of benzene rings is 2. The van der Waals surface area contributed by atoms with Crippen molar-refractivity contribution in [2.75, 3.05) is 0 Å². The second kappa shape index (κ2) is 7.28. The van der Waals surface area contributed by atoms with Crippen LogP contribution in [0, 0.1) is 0 Å². The van der Waals surface area contributed by atoms with Gasteiger partial charge in [0.15, 0.2) is 0 Å². The normalized spacial score (nSPS) is 17.8. The molecule has 0 saturated carbocycles. The molecule has 30 heavy (non-hydrogen) atoms. The third-order valence-corrected chi connectivity index (χ3v) is 27.3. The summed E-state index contributed by atoms with van der Waals surface area (Å²) in [7, 11) is 0. The van der Waals surface area contributed by atoms with E-state index in [0.717, 1.165) is 3.63 Å². The van der Waals surface area contributed by atoms with E-state index in [1.807, 2.05) is 3.28 Å². The second-order valence-electron chi connectivity index (χ2n) is 11.4. The quantitative estimate of drug-likeness (QED) is 0.377. The van der Waals surface area contributed by atoms with Crippen molar-refractivity contribution in [2.24, 2.45) is 0 Å². The molecule has 0 unspecified atom stereocenters. The molecule has 2 aromatic carbocycles. The Morgan fingerprint density at radius 1 is 0.800 bits per heavy atom. The first kappa shape index (κ1) is 20.9. The van der Waals surface area contributed by atoms with Crippen LogP contribution in [-0.4, -0.2) is 5.43 Å². The van der Waals surface area contributed by atoms with Crippen molar-refractivity contribution in [3.05, 3.63) is 80.2 Å². The molecule has 2 aromatic rings. The van der Waals surface area contributed by atoms with Crippen molar-refractivity contribution in [1.82, 2.24) is 0 Å². The van der Waals surface area contributed by atoms with E-state index in [1.54, 1.807) is 34.3 Å². The van der Waals surface area contributed by atoms with Gasteiger partial charge >= 0.3 is 192 Å². The van der Waals surface area contributed by atoms with Crippen LogP contribution in [0.15, 0.2) is 57.9 Å². The molecule has 5 rings (SSSR count). The molecule has 0 bridgehead atoms. The molecular formula is C28H34SiZr. The van der Waals surface area contributed by atoms with Gasteiger partial charge in [-0.25, -0.2) is 0 Å². The third kappa shape index (κ3) is 3.63. The number of fused-ring (bicyclic) bond motifs is 3. The summed E-state index contributed by atoms with van der Waals surface area (Å²) >= 11 is -1.72. The maximum atomic E-state index is 2.55. The summed E-state index contributed by atoms with van der Waals surface area (Å²) in [5.41, 5.74) is 9.74. The van der Waals surface area contributed by atoms with E-state index in [1.165, 1.54) is 17.5 Å². The molecule has 154 valence electrons. The van der Waals surface area contributed by atoms with Crippen LogP contribution in [0.5, 0.6) is 0 Å². The standard InChI is InChI=1S/C21H25.C5H5.C2H4Si.Zr/c1-20(2,3)16-9-7-14-11-15-8-10-17(21(4,5)6)13-19(15)18(14)12-16;1-2-4-5-3-1;1-2-3-1;/h7-13H,1-6H3;1-3H,4H2;1-2H2;. The van der Waals surface area contributed by atoms with E-state index in [0.29, 0.717) is 0 Å². The van der Waals surface area contributed by atoms with Gasteiger partial charge < -0.3 is 0 Å². The van der Waals surface area contributed by atoms with Crippen molar-refractivity contribution in [1.29, 1.82) is 0 Å². The Morgan fingerprint density at radius 2 is 1.33 bits per heavy atom. The molecule has 0 radical (unpaired) electrons. The van der Waals surface area contributed by atoms with Crippen LogP contribution in [0.4, 0.5) is 0 Å². The summed E-state index contributed by atoms with van der Waals surface area (Å²) < 4.78 is 2.65. The Balaban J connectivity index is 1.75. The van der Waals surface area contributed by atoms with E-state index in [-0.39, 0.29) is 16.3 Å². The predicted molar refractivity (Wildman–Crippen MR) is 128 cm³/mol. The van der Waals surface area contributed by atoms with Crippen LogP contribution < -0.4 is 0 Å². The number of allylic oxidation sites excluding steroid dienone is 4. The second-order valence-corrected chi connectivity index (χ2v) is 27.0. The average molecular weight is 490 g/mol. The van der Waals surface area contributed by atoms with Gasteiger partial charge in [0.25, 0.3) is 0 Å². The average Bonchev–Trinajstić information content (AvgIpc) is 3.26. The fraction of sp³-hybridized carbons (Fsp3) is 0.429. The molecule has 3 aliphatic rings. The molecule has 0 aromatic heterocycles. The van der Waals surface area contributed by atoms with E-state index >= 15 is 0 Å². The van der Waals surface area contributed by atoms with Gasteiger partial charge in [-0.05, 0) is 0 Å². The summed E-state index contributed by atoms with van der Waals surface area (Å²) in [6.07, 6.45) is 8.52. The first-order chi connectivity index (χ1) is 14.1. The Morgan fingerprint density at radius 3 is 1.73 bits per heavy atom. The number of rotatable bonds is 2. The van der Waals surface area contributed by atoms with E-state index in [2.05, 4.69) is 96.2 Å². The third-order valence-electron chi connectivity index (χ3n) is 7.04. The maximum absolute atomic E-state index is 2.55. The molecule has 1 aliphatic heterocycles. The number of hydrogen-bond acceptors (Lipinski definition) is 0. The molecule has 0 amide bonds. The summed E-state index contributed by atoms with van der Waals surface area (Å²) in [4.78, 5) is 0. The minimum absolute atomic E-state index is 0.0598. The summed E-state index contributed by atoms with van der Waals surface area (Å²) in [6.45, 7) is 14.1. The Kier molecular flexibility index (Phi) is 5.07. The zero-order valence-corrected chi connectivity index (χ0v) is 22.9. The topological polar surface area (TPSA) is 0 Å². The van der Waals surface area contributed by atoms with Crippen molar-refractivity contribution in [2.45, 2.75) is 74.5 Å². The van der Waals surface area contributed by atoms with Crippen molar-refractivity contribution < 1.29 is 20.4 Å². The van der Waals surface area contributed by atoms with Gasteiger partial charge in [-0.3, -0.25) is 0 Å². The predicted octanol–water partition coefficient (Wildman–Crippen LogP) is 7.82. The molecule has 1 fully saturated rings. The summed E-state index contributed by atoms with van der Waals surface area (Å²) in [5, 5.41) is 0. The van der Waals surface area contributed by atoms with Gasteiger partial charge in [-0.2, -0.15) is 0 Å². The van der Waals surface area contributed by atoms with Crippen molar-refractivity contribution in [3.63, 3.8) is 0 Å². The van der Waals surface area contributed by atoms with Crippen LogP contribution in [0.3, 0.4) is 0 Å². The van der Waals surface area contributed by atoms with Gasteiger partial charge in [-0.1, -0.05) is 0 Å². The van der Waals surface area contributed by atoms with E-state index in [4.69, 9.17) is 0 Å². The molecule has 0 atom stereocenters. The van der Waals surface area contributed by atoms with Crippen LogP contribution in [-0.2, 0) is 31.2 Å². The number of hydrogen-bond donors (Lipinski definition) is 0. The summed E-state index contributed by atoms with van der Waals surface area (Å²) in [5.74, 6) is 0. The molecule has 2 aliphatic carbocycles. The minimum atomic E-state index is -1.72. The molecule has 1 heterocycles. The Bertz CT molecular complexity index is 1060. The zero-order chi connectivity index (χ0) is 21.3. The molecule has 0 spiro atoms. The molecule has 1 saturated heterocycles. The van der Waals surface area contributed by atoms with Crippen LogP contribution >= 0.6 is 0 Å². The van der Waals surface area contributed by atoms with Crippen molar-refractivity contribution in [3.8, 4) is 11.1 Å². The van der Waals surface area contributed by atoms with Gasteiger partial charge in [0, 0.05) is 0 Å². The van der Waals surface area contributed by atoms with Gasteiger partial charge in [-0.15, -0.1) is 0 Å². The molecule has 0 N–H and O–H groups in total. The van der Waals surface area contributed by atoms with Gasteiger partial charge in [0.2, 0.25) is 0 Å². The molecular weight excluding hydrogens is 456 g/mol. The van der Waals surface area contributed by atoms with Crippen LogP contribution in [0.25, 0.3) is 11.1 Å². The molecule has 2 heteroatoms. The Labute approximate surface area is 190 Å². The van der Waals surface area contributed by atoms with E-state index < -0.39 is 20.4 Å². The fourth-order valence-electron chi connectivity index (χ4n) is 5.09. The fourth-order valence-corrected chi connectivity index (χ4v) is 28.2. The Hall–Kier alpha value is -0.980. The van der Waals surface area contributed by atoms with Crippen LogP contribution in [0.2, 0.25) is 12.1 Å². The van der Waals surface area contributed by atoms with Crippen LogP contribution in [0.1, 0.15) is 73.8 Å². The first-order valence-electron chi connectivity index (χ1n) is 11.5. The van der Waals surface area contributed by atoms with Gasteiger partial charge in [0.05, 0.1) is 0 Å². The van der Waals surface area contributed by atoms with E-state index in [9.17, 15) is 0 Å². The SMILES string of the molecule is CC(C)(C)c1ccc2c(c1)-c1cc(C(C)(C)C)ccc1[CH]2[Zr]([C]1=CC=CC1)=[Si]1CC1.